The molecule has 1 aliphatic heterocycles. The molecule has 108 valence electrons. The van der Waals surface area contributed by atoms with E-state index in [9.17, 15) is 14.3 Å². The lowest BCUT2D eigenvalue weighted by atomic mass is 9.93. The van der Waals surface area contributed by atoms with Gasteiger partial charge in [0.05, 0.1) is 11.6 Å². The molecule has 0 saturated heterocycles. The van der Waals surface area contributed by atoms with E-state index in [1.807, 2.05) is 25.1 Å². The third-order valence-electron chi connectivity index (χ3n) is 3.92. The molecule has 0 aromatic heterocycles. The van der Waals surface area contributed by atoms with Crippen LogP contribution < -0.4 is 5.32 Å². The lowest BCUT2D eigenvalue weighted by Gasteiger charge is -2.16. The number of rotatable bonds is 3. The molecule has 2 unspecified atom stereocenters. The quantitative estimate of drug-likeness (QED) is 0.908. The number of anilines is 1. The highest BCUT2D eigenvalue weighted by molar-refractivity contribution is 6.03. The Labute approximate surface area is 122 Å². The topological polar surface area (TPSA) is 49.3 Å². The molecule has 0 aliphatic carbocycles. The van der Waals surface area contributed by atoms with E-state index in [1.54, 1.807) is 12.1 Å². The first-order valence-corrected chi connectivity index (χ1v) is 6.99. The Morgan fingerprint density at radius 3 is 2.67 bits per heavy atom. The summed E-state index contributed by atoms with van der Waals surface area (Å²) in [6.45, 7) is 1.89. The van der Waals surface area contributed by atoms with E-state index in [0.717, 1.165) is 0 Å². The molecule has 1 aliphatic rings. The maximum Gasteiger partial charge on any atom is 0.232 e. The van der Waals surface area contributed by atoms with Crippen LogP contribution in [-0.2, 0) is 4.79 Å². The van der Waals surface area contributed by atoms with Crippen molar-refractivity contribution in [2.45, 2.75) is 25.4 Å². The van der Waals surface area contributed by atoms with Crippen molar-refractivity contribution in [2.75, 3.05) is 5.32 Å². The molecule has 0 saturated carbocycles. The lowest BCUT2D eigenvalue weighted by Crippen LogP contribution is -2.11. The first-order valence-electron chi connectivity index (χ1n) is 6.99. The highest BCUT2D eigenvalue weighted by Gasteiger charge is 2.33. The molecule has 3 nitrogen and oxygen atoms in total. The molecule has 2 aromatic carbocycles. The van der Waals surface area contributed by atoms with Crippen LogP contribution in [-0.4, -0.2) is 11.0 Å². The standard InChI is InChI=1S/C17H16FNO2/c1-2-12-13-8-11(18)9-14(15(13)19-17(12)21)16(20)10-6-4-3-5-7-10/h3-9,12,16,20H,2H2,1H3,(H,19,21). The van der Waals surface area contributed by atoms with Gasteiger partial charge >= 0.3 is 0 Å². The number of halogens is 1. The molecule has 21 heavy (non-hydrogen) atoms. The van der Waals surface area contributed by atoms with Crippen molar-refractivity contribution in [1.82, 2.24) is 0 Å². The van der Waals surface area contributed by atoms with E-state index in [0.29, 0.717) is 28.8 Å². The number of amides is 1. The fourth-order valence-electron chi connectivity index (χ4n) is 2.86. The van der Waals surface area contributed by atoms with Gasteiger partial charge in [-0.1, -0.05) is 37.3 Å². The zero-order valence-electron chi connectivity index (χ0n) is 11.6. The zero-order chi connectivity index (χ0) is 15.0. The van der Waals surface area contributed by atoms with Crippen molar-refractivity contribution in [3.8, 4) is 0 Å². The van der Waals surface area contributed by atoms with Gasteiger partial charge in [-0.2, -0.15) is 0 Å². The number of carbonyl (C=O) groups excluding carboxylic acids is 1. The summed E-state index contributed by atoms with van der Waals surface area (Å²) in [6.07, 6.45) is -0.366. The fraction of sp³-hybridized carbons (Fsp3) is 0.235. The van der Waals surface area contributed by atoms with Crippen LogP contribution in [0.25, 0.3) is 0 Å². The summed E-state index contributed by atoms with van der Waals surface area (Å²) in [5.74, 6) is -0.925. The molecule has 0 fully saturated rings. The number of hydrogen-bond acceptors (Lipinski definition) is 2. The smallest absolute Gasteiger partial charge is 0.232 e. The number of nitrogens with one attached hydrogen (secondary N) is 1. The number of carbonyl (C=O) groups is 1. The third kappa shape index (κ3) is 2.32. The van der Waals surface area contributed by atoms with Crippen LogP contribution in [0.2, 0.25) is 0 Å². The first kappa shape index (κ1) is 13.8. The van der Waals surface area contributed by atoms with Gasteiger partial charge in [0.25, 0.3) is 0 Å². The summed E-state index contributed by atoms with van der Waals surface area (Å²) >= 11 is 0. The predicted molar refractivity (Wildman–Crippen MR) is 78.6 cm³/mol. The zero-order valence-corrected chi connectivity index (χ0v) is 11.6. The van der Waals surface area contributed by atoms with Gasteiger partial charge in [0, 0.05) is 5.56 Å². The van der Waals surface area contributed by atoms with Crippen molar-refractivity contribution >= 4 is 11.6 Å². The van der Waals surface area contributed by atoms with Crippen LogP contribution in [0.3, 0.4) is 0 Å². The van der Waals surface area contributed by atoms with Crippen molar-refractivity contribution in [2.24, 2.45) is 0 Å². The van der Waals surface area contributed by atoms with Crippen molar-refractivity contribution in [1.29, 1.82) is 0 Å². The molecule has 0 radical (unpaired) electrons. The van der Waals surface area contributed by atoms with Crippen LogP contribution in [0, 0.1) is 5.82 Å². The lowest BCUT2D eigenvalue weighted by molar-refractivity contribution is -0.117. The van der Waals surface area contributed by atoms with E-state index in [-0.39, 0.29) is 11.8 Å². The summed E-state index contributed by atoms with van der Waals surface area (Å²) in [7, 11) is 0. The number of fused-ring (bicyclic) bond motifs is 1. The second-order valence-corrected chi connectivity index (χ2v) is 5.22. The highest BCUT2D eigenvalue weighted by Crippen LogP contribution is 2.41. The van der Waals surface area contributed by atoms with Crippen molar-refractivity contribution in [3.05, 3.63) is 65.0 Å². The number of benzene rings is 2. The Hall–Kier alpha value is -2.20. The van der Waals surface area contributed by atoms with Crippen molar-refractivity contribution < 1.29 is 14.3 Å². The van der Waals surface area contributed by atoms with E-state index < -0.39 is 11.9 Å². The summed E-state index contributed by atoms with van der Waals surface area (Å²) in [5, 5.41) is 13.3. The molecule has 1 amide bonds. The van der Waals surface area contributed by atoms with Crippen LogP contribution in [0.1, 0.15) is 42.1 Å². The monoisotopic (exact) mass is 285 g/mol. The van der Waals surface area contributed by atoms with Gasteiger partial charge < -0.3 is 10.4 Å². The van der Waals surface area contributed by atoms with E-state index >= 15 is 0 Å². The Morgan fingerprint density at radius 2 is 2.00 bits per heavy atom. The van der Waals surface area contributed by atoms with Gasteiger partial charge in [-0.15, -0.1) is 0 Å². The normalized spacial score (nSPS) is 18.2. The number of aliphatic hydroxyl groups is 1. The third-order valence-corrected chi connectivity index (χ3v) is 3.92. The average molecular weight is 285 g/mol. The minimum Gasteiger partial charge on any atom is -0.384 e. The molecule has 2 aromatic rings. The van der Waals surface area contributed by atoms with Crippen molar-refractivity contribution in [3.63, 3.8) is 0 Å². The van der Waals surface area contributed by atoms with Gasteiger partial charge in [-0.25, -0.2) is 4.39 Å². The number of hydrogen-bond donors (Lipinski definition) is 2. The van der Waals surface area contributed by atoms with E-state index in [4.69, 9.17) is 0 Å². The minimum absolute atomic E-state index is 0.139. The number of aliphatic hydroxyl groups excluding tert-OH is 1. The second-order valence-electron chi connectivity index (χ2n) is 5.22. The predicted octanol–water partition coefficient (Wildman–Crippen LogP) is 3.35. The Bertz CT molecular complexity index is 685. The minimum atomic E-state index is -0.966. The van der Waals surface area contributed by atoms with E-state index in [1.165, 1.54) is 12.1 Å². The van der Waals surface area contributed by atoms with E-state index in [2.05, 4.69) is 5.32 Å². The summed E-state index contributed by atoms with van der Waals surface area (Å²) in [4.78, 5) is 12.0. The Balaban J connectivity index is 2.11. The molecule has 0 bridgehead atoms. The molecule has 3 rings (SSSR count). The van der Waals surface area contributed by atoms with Gasteiger partial charge in [-0.05, 0) is 29.7 Å². The molecule has 2 N–H and O–H groups in total. The van der Waals surface area contributed by atoms with Crippen LogP contribution in [0.5, 0.6) is 0 Å². The molecular formula is C17H16FNO2. The first-order chi connectivity index (χ1) is 10.1. The van der Waals surface area contributed by atoms with Crippen LogP contribution in [0.15, 0.2) is 42.5 Å². The summed E-state index contributed by atoms with van der Waals surface area (Å²) < 4.78 is 13.9. The van der Waals surface area contributed by atoms with Gasteiger partial charge in [0.15, 0.2) is 0 Å². The fourth-order valence-corrected chi connectivity index (χ4v) is 2.86. The summed E-state index contributed by atoms with van der Waals surface area (Å²) in [5.41, 5.74) is 2.25. The Morgan fingerprint density at radius 1 is 1.29 bits per heavy atom. The van der Waals surface area contributed by atoms with Crippen LogP contribution >= 0.6 is 0 Å². The largest absolute Gasteiger partial charge is 0.384 e. The molecule has 0 spiro atoms. The second kappa shape index (κ2) is 5.30. The molecular weight excluding hydrogens is 269 g/mol. The van der Waals surface area contributed by atoms with Crippen LogP contribution in [0.4, 0.5) is 10.1 Å². The Kier molecular flexibility index (Phi) is 3.47. The highest BCUT2D eigenvalue weighted by atomic mass is 19.1. The van der Waals surface area contributed by atoms with Gasteiger partial charge in [-0.3, -0.25) is 4.79 Å². The molecule has 1 heterocycles. The SMILES string of the molecule is CCC1C(=O)Nc2c1cc(F)cc2C(O)c1ccccc1. The average Bonchev–Trinajstić information content (AvgIpc) is 2.81. The summed E-state index contributed by atoms with van der Waals surface area (Å²) in [6, 6.07) is 11.7. The maximum absolute atomic E-state index is 13.9. The maximum atomic E-state index is 13.9. The van der Waals surface area contributed by atoms with Gasteiger partial charge in [0.2, 0.25) is 5.91 Å². The van der Waals surface area contributed by atoms with Gasteiger partial charge in [0.1, 0.15) is 11.9 Å². The molecule has 4 heteroatoms. The molecule has 2 atom stereocenters.